The molecule has 2 heterocycles. The lowest BCUT2D eigenvalue weighted by molar-refractivity contribution is 0.370. The summed E-state index contributed by atoms with van der Waals surface area (Å²) in [4.78, 5) is 7.61. The van der Waals surface area contributed by atoms with Crippen LogP contribution in [-0.2, 0) is 6.54 Å². The van der Waals surface area contributed by atoms with E-state index in [0.29, 0.717) is 0 Å². The van der Waals surface area contributed by atoms with Crippen molar-refractivity contribution in [3.63, 3.8) is 0 Å². The van der Waals surface area contributed by atoms with Gasteiger partial charge >= 0.3 is 0 Å². The maximum atomic E-state index is 4.03. The molecule has 3 nitrogen and oxygen atoms in total. The third kappa shape index (κ3) is 4.19. The molecule has 0 amide bonds. The summed E-state index contributed by atoms with van der Waals surface area (Å²) >= 11 is 1.67. The van der Waals surface area contributed by atoms with Crippen molar-refractivity contribution in [2.75, 3.05) is 20.1 Å². The van der Waals surface area contributed by atoms with Crippen LogP contribution < -0.4 is 4.72 Å². The topological polar surface area (TPSA) is 28.2 Å². The van der Waals surface area contributed by atoms with E-state index in [9.17, 15) is 0 Å². The molecule has 3 rings (SSSR count). The standard InChI is InChI=1S/C18H21N3S/c1-21-12-8-17(9-13-21)16-2-4-18(5-3-16)22-20-14-15-6-10-19-11-7-15/h2-8,10-11,20H,9,12-14H2,1H3. The minimum absolute atomic E-state index is 0.840. The molecular weight excluding hydrogens is 290 g/mol. The molecule has 1 aromatic heterocycles. The number of hydrogen-bond acceptors (Lipinski definition) is 4. The van der Waals surface area contributed by atoms with Crippen molar-refractivity contribution in [2.45, 2.75) is 17.9 Å². The van der Waals surface area contributed by atoms with Gasteiger partial charge in [-0.25, -0.2) is 0 Å². The van der Waals surface area contributed by atoms with Crippen LogP contribution in [0.15, 0.2) is 59.8 Å². The molecule has 0 radical (unpaired) electrons. The highest BCUT2D eigenvalue weighted by Crippen LogP contribution is 2.24. The average Bonchev–Trinajstić information content (AvgIpc) is 2.57. The van der Waals surface area contributed by atoms with Gasteiger partial charge in [0, 0.05) is 36.9 Å². The van der Waals surface area contributed by atoms with Gasteiger partial charge in [0.15, 0.2) is 0 Å². The smallest absolute Gasteiger partial charge is 0.0314 e. The summed E-state index contributed by atoms with van der Waals surface area (Å²) in [6.45, 7) is 3.04. The minimum Gasteiger partial charge on any atom is -0.302 e. The molecule has 0 aliphatic carbocycles. The predicted octanol–water partition coefficient (Wildman–Crippen LogP) is 3.60. The zero-order valence-electron chi connectivity index (χ0n) is 12.8. The number of nitrogens with one attached hydrogen (secondary N) is 1. The number of nitrogens with zero attached hydrogens (tertiary/aromatic N) is 2. The Bertz CT molecular complexity index is 623. The van der Waals surface area contributed by atoms with Crippen molar-refractivity contribution in [3.05, 3.63) is 66.0 Å². The summed E-state index contributed by atoms with van der Waals surface area (Å²) < 4.78 is 3.39. The van der Waals surface area contributed by atoms with E-state index >= 15 is 0 Å². The van der Waals surface area contributed by atoms with Crippen LogP contribution in [0.3, 0.4) is 0 Å². The summed E-state index contributed by atoms with van der Waals surface area (Å²) in [6.07, 6.45) is 7.13. The number of hydrogen-bond donors (Lipinski definition) is 1. The quantitative estimate of drug-likeness (QED) is 0.854. The van der Waals surface area contributed by atoms with Crippen LogP contribution >= 0.6 is 11.9 Å². The third-order valence-electron chi connectivity index (χ3n) is 3.85. The molecule has 0 atom stereocenters. The monoisotopic (exact) mass is 311 g/mol. The zero-order valence-corrected chi connectivity index (χ0v) is 13.6. The SMILES string of the molecule is CN1CC=C(c2ccc(SNCc3ccncc3)cc2)CC1. The molecular formula is C18H21N3S. The van der Waals surface area contributed by atoms with Gasteiger partial charge in [-0.2, -0.15) is 0 Å². The Balaban J connectivity index is 1.53. The first-order valence-corrected chi connectivity index (χ1v) is 8.39. The van der Waals surface area contributed by atoms with E-state index in [2.05, 4.69) is 52.0 Å². The number of rotatable bonds is 5. The van der Waals surface area contributed by atoms with E-state index in [1.165, 1.54) is 21.6 Å². The van der Waals surface area contributed by atoms with E-state index < -0.39 is 0 Å². The van der Waals surface area contributed by atoms with Gasteiger partial charge in [-0.1, -0.05) is 18.2 Å². The molecule has 0 spiro atoms. The molecule has 1 aliphatic rings. The second-order valence-electron chi connectivity index (χ2n) is 5.54. The van der Waals surface area contributed by atoms with Crippen LogP contribution in [0.5, 0.6) is 0 Å². The Labute approximate surface area is 136 Å². The van der Waals surface area contributed by atoms with Gasteiger partial charge in [0.2, 0.25) is 0 Å². The first-order valence-electron chi connectivity index (χ1n) is 7.58. The number of likely N-dealkylation sites (N-methyl/N-ethyl adjacent to an activating group) is 1. The predicted molar refractivity (Wildman–Crippen MR) is 93.5 cm³/mol. The highest BCUT2D eigenvalue weighted by Gasteiger charge is 2.09. The summed E-state index contributed by atoms with van der Waals surface area (Å²) in [5.41, 5.74) is 4.07. The molecule has 0 saturated carbocycles. The van der Waals surface area contributed by atoms with Crippen molar-refractivity contribution in [1.29, 1.82) is 0 Å². The molecule has 1 N–H and O–H groups in total. The molecule has 2 aromatic rings. The molecule has 114 valence electrons. The maximum Gasteiger partial charge on any atom is 0.0314 e. The van der Waals surface area contributed by atoms with Crippen LogP contribution in [0, 0.1) is 0 Å². The first kappa shape index (κ1) is 15.3. The Morgan fingerprint density at radius 1 is 1.14 bits per heavy atom. The molecule has 22 heavy (non-hydrogen) atoms. The van der Waals surface area contributed by atoms with Crippen LogP contribution in [-0.4, -0.2) is 30.0 Å². The Kier molecular flexibility index (Phi) is 5.27. The molecule has 0 fully saturated rings. The van der Waals surface area contributed by atoms with E-state index in [0.717, 1.165) is 26.1 Å². The van der Waals surface area contributed by atoms with Crippen molar-refractivity contribution >= 4 is 17.5 Å². The maximum absolute atomic E-state index is 4.03. The fourth-order valence-electron chi connectivity index (χ4n) is 2.47. The second kappa shape index (κ2) is 7.58. The minimum atomic E-state index is 0.840. The summed E-state index contributed by atoms with van der Waals surface area (Å²) in [7, 11) is 2.17. The van der Waals surface area contributed by atoms with Gasteiger partial charge in [0.05, 0.1) is 0 Å². The van der Waals surface area contributed by atoms with E-state index in [-0.39, 0.29) is 0 Å². The van der Waals surface area contributed by atoms with Crippen LogP contribution in [0.4, 0.5) is 0 Å². The molecule has 1 aromatic carbocycles. The van der Waals surface area contributed by atoms with Crippen molar-refractivity contribution < 1.29 is 0 Å². The summed E-state index contributed by atoms with van der Waals surface area (Å²) in [5.74, 6) is 0. The lowest BCUT2D eigenvalue weighted by Crippen LogP contribution is -2.23. The zero-order chi connectivity index (χ0) is 15.2. The lowest BCUT2D eigenvalue weighted by Gasteiger charge is -2.22. The van der Waals surface area contributed by atoms with Crippen LogP contribution in [0.1, 0.15) is 17.5 Å². The third-order valence-corrected chi connectivity index (χ3v) is 4.65. The van der Waals surface area contributed by atoms with Crippen LogP contribution in [0.2, 0.25) is 0 Å². The summed E-state index contributed by atoms with van der Waals surface area (Å²) in [6, 6.07) is 12.9. The fraction of sp³-hybridized carbons (Fsp3) is 0.278. The molecule has 0 saturated heterocycles. The van der Waals surface area contributed by atoms with Crippen LogP contribution in [0.25, 0.3) is 5.57 Å². The number of benzene rings is 1. The summed E-state index contributed by atoms with van der Waals surface area (Å²) in [5, 5.41) is 0. The van der Waals surface area contributed by atoms with Gasteiger partial charge in [-0.3, -0.25) is 9.71 Å². The van der Waals surface area contributed by atoms with Gasteiger partial charge in [0.25, 0.3) is 0 Å². The lowest BCUT2D eigenvalue weighted by atomic mass is 10.00. The van der Waals surface area contributed by atoms with Gasteiger partial charge < -0.3 is 4.90 Å². The highest BCUT2D eigenvalue weighted by atomic mass is 32.2. The van der Waals surface area contributed by atoms with Gasteiger partial charge in [-0.05, 0) is 66.4 Å². The first-order chi connectivity index (χ1) is 10.8. The molecule has 0 bridgehead atoms. The van der Waals surface area contributed by atoms with Gasteiger partial charge in [-0.15, -0.1) is 0 Å². The normalized spacial score (nSPS) is 15.6. The number of pyridine rings is 1. The van der Waals surface area contributed by atoms with E-state index in [4.69, 9.17) is 0 Å². The Morgan fingerprint density at radius 3 is 2.59 bits per heavy atom. The fourth-order valence-corrected chi connectivity index (χ4v) is 3.15. The Hall–Kier alpha value is -1.62. The van der Waals surface area contributed by atoms with Crippen molar-refractivity contribution in [1.82, 2.24) is 14.6 Å². The van der Waals surface area contributed by atoms with Crippen molar-refractivity contribution in [2.24, 2.45) is 0 Å². The van der Waals surface area contributed by atoms with E-state index in [1.54, 1.807) is 11.9 Å². The molecule has 0 unspecified atom stereocenters. The second-order valence-corrected chi connectivity index (χ2v) is 6.51. The van der Waals surface area contributed by atoms with E-state index in [1.807, 2.05) is 24.5 Å². The average molecular weight is 311 g/mol. The van der Waals surface area contributed by atoms with Gasteiger partial charge in [0.1, 0.15) is 0 Å². The molecule has 4 heteroatoms. The largest absolute Gasteiger partial charge is 0.302 e. The van der Waals surface area contributed by atoms with Crippen molar-refractivity contribution in [3.8, 4) is 0 Å². The number of aromatic nitrogens is 1. The Morgan fingerprint density at radius 2 is 1.91 bits per heavy atom. The molecule has 1 aliphatic heterocycles. The highest BCUT2D eigenvalue weighted by molar-refractivity contribution is 7.97.